The second-order valence-electron chi connectivity index (χ2n) is 7.16. The van der Waals surface area contributed by atoms with Crippen LogP contribution in [0.1, 0.15) is 54.1 Å². The number of nitrogens with one attached hydrogen (secondary N) is 1. The van der Waals surface area contributed by atoms with Crippen LogP contribution in [0.15, 0.2) is 18.2 Å². The average molecular weight is 328 g/mol. The molecule has 5 heteroatoms. The molecule has 1 spiro atoms. The van der Waals surface area contributed by atoms with E-state index >= 15 is 0 Å². The zero-order valence-corrected chi connectivity index (χ0v) is 14.5. The number of amides is 3. The van der Waals surface area contributed by atoms with Crippen LogP contribution in [0.5, 0.6) is 0 Å². The first-order valence-electron chi connectivity index (χ1n) is 8.60. The zero-order chi connectivity index (χ0) is 17.5. The molecule has 1 aliphatic heterocycles. The van der Waals surface area contributed by atoms with Gasteiger partial charge in [-0.2, -0.15) is 0 Å². The van der Waals surface area contributed by atoms with E-state index in [0.29, 0.717) is 12.0 Å². The highest BCUT2D eigenvalue weighted by Crippen LogP contribution is 2.38. The van der Waals surface area contributed by atoms with E-state index in [1.165, 1.54) is 0 Å². The minimum atomic E-state index is -0.807. The number of nitrogens with zero attached hydrogens (tertiary/aromatic N) is 1. The molecule has 1 saturated heterocycles. The molecule has 1 aliphatic carbocycles. The molecule has 0 aromatic heterocycles. The second-order valence-corrected chi connectivity index (χ2v) is 7.16. The van der Waals surface area contributed by atoms with Crippen LogP contribution in [-0.2, 0) is 4.79 Å². The van der Waals surface area contributed by atoms with Crippen LogP contribution >= 0.6 is 0 Å². The lowest BCUT2D eigenvalue weighted by atomic mass is 9.73. The van der Waals surface area contributed by atoms with Gasteiger partial charge in [-0.15, -0.1) is 0 Å². The fraction of sp³-hybridized carbons (Fsp3) is 0.526. The van der Waals surface area contributed by atoms with Crippen molar-refractivity contribution in [3.8, 4) is 0 Å². The predicted octanol–water partition coefficient (Wildman–Crippen LogP) is 2.99. The third kappa shape index (κ3) is 2.62. The molecular weight excluding hydrogens is 304 g/mol. The highest BCUT2D eigenvalue weighted by atomic mass is 16.2. The SMILES string of the molecule is Cc1ccc(C(=O)CN2C(=O)N[C@]3(CCCC[C@H]3C)C2=O)cc1C. The highest BCUT2D eigenvalue weighted by molar-refractivity contribution is 6.11. The summed E-state index contributed by atoms with van der Waals surface area (Å²) in [5, 5.41) is 2.88. The number of carbonyl (C=O) groups is 3. The molecule has 1 heterocycles. The Morgan fingerprint density at radius 2 is 2.00 bits per heavy atom. The molecule has 3 rings (SSSR count). The molecule has 2 fully saturated rings. The number of Topliss-reactive ketones (excluding diaryl/α,β-unsaturated/α-hetero) is 1. The highest BCUT2D eigenvalue weighted by Gasteiger charge is 2.55. The molecule has 0 bridgehead atoms. The molecule has 128 valence electrons. The van der Waals surface area contributed by atoms with Crippen molar-refractivity contribution in [3.63, 3.8) is 0 Å². The quantitative estimate of drug-likeness (QED) is 0.685. The largest absolute Gasteiger partial charge is 0.325 e. The van der Waals surface area contributed by atoms with Gasteiger partial charge in [0, 0.05) is 5.56 Å². The second kappa shape index (κ2) is 6.04. The molecule has 1 aromatic rings. The molecule has 1 N–H and O–H groups in total. The summed E-state index contributed by atoms with van der Waals surface area (Å²) >= 11 is 0. The van der Waals surface area contributed by atoms with E-state index in [9.17, 15) is 14.4 Å². The summed E-state index contributed by atoms with van der Waals surface area (Å²) in [6.07, 6.45) is 3.58. The molecule has 1 saturated carbocycles. The Kier molecular flexibility index (Phi) is 4.20. The lowest BCUT2D eigenvalue weighted by Crippen LogP contribution is -2.54. The van der Waals surface area contributed by atoms with Crippen LogP contribution < -0.4 is 5.32 Å². The van der Waals surface area contributed by atoms with Gasteiger partial charge < -0.3 is 5.32 Å². The van der Waals surface area contributed by atoms with Gasteiger partial charge in [0.05, 0.1) is 6.54 Å². The Bertz CT molecular complexity index is 713. The van der Waals surface area contributed by atoms with Gasteiger partial charge in [0.2, 0.25) is 0 Å². The molecule has 0 radical (unpaired) electrons. The van der Waals surface area contributed by atoms with Crippen molar-refractivity contribution in [1.29, 1.82) is 0 Å². The summed E-state index contributed by atoms with van der Waals surface area (Å²) in [5.74, 6) is -0.344. The monoisotopic (exact) mass is 328 g/mol. The molecule has 5 nitrogen and oxygen atoms in total. The van der Waals surface area contributed by atoms with E-state index in [-0.39, 0.29) is 24.2 Å². The molecule has 24 heavy (non-hydrogen) atoms. The number of rotatable bonds is 3. The van der Waals surface area contributed by atoms with Gasteiger partial charge in [0.1, 0.15) is 5.54 Å². The Morgan fingerprint density at radius 1 is 1.25 bits per heavy atom. The van der Waals surface area contributed by atoms with Gasteiger partial charge in [-0.1, -0.05) is 31.9 Å². The molecule has 2 atom stereocenters. The smallest absolute Gasteiger partial charge is 0.323 e. The van der Waals surface area contributed by atoms with Crippen molar-refractivity contribution in [1.82, 2.24) is 10.2 Å². The number of carbonyl (C=O) groups excluding carboxylic acids is 3. The first-order valence-corrected chi connectivity index (χ1v) is 8.60. The number of aryl methyl sites for hydroxylation is 2. The topological polar surface area (TPSA) is 66.5 Å². The van der Waals surface area contributed by atoms with Gasteiger partial charge in [-0.3, -0.25) is 14.5 Å². The zero-order valence-electron chi connectivity index (χ0n) is 14.5. The van der Waals surface area contributed by atoms with E-state index < -0.39 is 11.6 Å². The molecule has 2 aliphatic rings. The number of benzene rings is 1. The van der Waals surface area contributed by atoms with Gasteiger partial charge in [-0.25, -0.2) is 4.79 Å². The number of hydrogen-bond acceptors (Lipinski definition) is 3. The number of imide groups is 1. The maximum Gasteiger partial charge on any atom is 0.325 e. The summed E-state index contributed by atoms with van der Waals surface area (Å²) in [4.78, 5) is 38.8. The fourth-order valence-corrected chi connectivity index (χ4v) is 3.79. The summed E-state index contributed by atoms with van der Waals surface area (Å²) in [5.41, 5.74) is 1.86. The standard InChI is InChI=1S/C19H24N2O3/c1-12-7-8-15(10-13(12)2)16(22)11-21-17(23)19(20-18(21)24)9-5-4-6-14(19)3/h7-8,10,14H,4-6,9,11H2,1-3H3,(H,20,24)/t14-,19+/m1/s1. The molecular formula is C19H24N2O3. The van der Waals surface area contributed by atoms with E-state index in [4.69, 9.17) is 0 Å². The Morgan fingerprint density at radius 3 is 2.67 bits per heavy atom. The van der Waals surface area contributed by atoms with E-state index in [1.54, 1.807) is 6.07 Å². The van der Waals surface area contributed by atoms with E-state index in [2.05, 4.69) is 5.32 Å². The lowest BCUT2D eigenvalue weighted by molar-refractivity contribution is -0.133. The minimum absolute atomic E-state index is 0.101. The molecule has 0 unspecified atom stereocenters. The van der Waals surface area contributed by atoms with Crippen molar-refractivity contribution in [2.45, 2.75) is 52.0 Å². The van der Waals surface area contributed by atoms with Crippen molar-refractivity contribution < 1.29 is 14.4 Å². The Balaban J connectivity index is 1.80. The van der Waals surface area contributed by atoms with Crippen molar-refractivity contribution in [2.75, 3.05) is 6.54 Å². The Labute approximate surface area is 142 Å². The van der Waals surface area contributed by atoms with Crippen LogP contribution in [0.25, 0.3) is 0 Å². The van der Waals surface area contributed by atoms with Crippen molar-refractivity contribution in [3.05, 3.63) is 34.9 Å². The van der Waals surface area contributed by atoms with Crippen LogP contribution in [0.4, 0.5) is 4.79 Å². The van der Waals surface area contributed by atoms with Gasteiger partial charge in [0.25, 0.3) is 5.91 Å². The lowest BCUT2D eigenvalue weighted by Gasteiger charge is -2.36. The first kappa shape index (κ1) is 16.7. The number of hydrogen-bond donors (Lipinski definition) is 1. The molecule has 3 amide bonds. The first-order chi connectivity index (χ1) is 11.3. The number of urea groups is 1. The summed E-state index contributed by atoms with van der Waals surface area (Å²) in [7, 11) is 0. The van der Waals surface area contributed by atoms with E-state index in [1.807, 2.05) is 32.9 Å². The summed E-state index contributed by atoms with van der Waals surface area (Å²) in [6, 6.07) is 5.02. The van der Waals surface area contributed by atoms with Crippen molar-refractivity contribution in [2.24, 2.45) is 5.92 Å². The van der Waals surface area contributed by atoms with Gasteiger partial charge in [0.15, 0.2) is 5.78 Å². The van der Waals surface area contributed by atoms with Crippen LogP contribution in [0, 0.1) is 19.8 Å². The summed E-state index contributed by atoms with van der Waals surface area (Å²) < 4.78 is 0. The van der Waals surface area contributed by atoms with Crippen molar-refractivity contribution >= 4 is 17.7 Å². The molecule has 1 aromatic carbocycles. The maximum atomic E-state index is 12.9. The summed E-state index contributed by atoms with van der Waals surface area (Å²) in [6.45, 7) is 5.74. The Hall–Kier alpha value is -2.17. The number of ketones is 1. The third-order valence-electron chi connectivity index (χ3n) is 5.63. The third-order valence-corrected chi connectivity index (χ3v) is 5.63. The normalized spacial score (nSPS) is 26.8. The van der Waals surface area contributed by atoms with Crippen LogP contribution in [0.3, 0.4) is 0 Å². The van der Waals surface area contributed by atoms with Crippen LogP contribution in [-0.4, -0.2) is 34.7 Å². The van der Waals surface area contributed by atoms with Crippen LogP contribution in [0.2, 0.25) is 0 Å². The fourth-order valence-electron chi connectivity index (χ4n) is 3.79. The van der Waals surface area contributed by atoms with Gasteiger partial charge in [-0.05, 0) is 49.8 Å². The van der Waals surface area contributed by atoms with E-state index in [0.717, 1.165) is 35.3 Å². The van der Waals surface area contributed by atoms with Gasteiger partial charge >= 0.3 is 6.03 Å². The average Bonchev–Trinajstić information content (AvgIpc) is 2.78. The minimum Gasteiger partial charge on any atom is -0.323 e. The maximum absolute atomic E-state index is 12.9. The predicted molar refractivity (Wildman–Crippen MR) is 90.9 cm³/mol.